The van der Waals surface area contributed by atoms with Gasteiger partial charge in [0.15, 0.2) is 5.60 Å². The van der Waals surface area contributed by atoms with Gasteiger partial charge in [0.1, 0.15) is 30.0 Å². The van der Waals surface area contributed by atoms with Crippen LogP contribution in [0.1, 0.15) is 44.7 Å². The summed E-state index contributed by atoms with van der Waals surface area (Å²) in [5.41, 5.74) is 3.02. The first-order chi connectivity index (χ1) is 22.6. The molecule has 6 amide bonds. The molecule has 0 unspecified atom stereocenters. The number of nitrogens with two attached hydrogens (primary N) is 1. The lowest BCUT2D eigenvalue weighted by Gasteiger charge is -2.33. The van der Waals surface area contributed by atoms with Crippen molar-refractivity contribution in [1.29, 1.82) is 0 Å². The van der Waals surface area contributed by atoms with Gasteiger partial charge in [0.05, 0.1) is 12.1 Å². The Morgan fingerprint density at radius 1 is 1.04 bits per heavy atom. The van der Waals surface area contributed by atoms with Gasteiger partial charge in [-0.3, -0.25) is 33.6 Å². The molecule has 2 aliphatic rings. The van der Waals surface area contributed by atoms with E-state index in [0.29, 0.717) is 12.0 Å². The molecule has 2 aliphatic heterocycles. The van der Waals surface area contributed by atoms with E-state index in [1.54, 1.807) is 6.92 Å². The zero-order valence-electron chi connectivity index (χ0n) is 26.5. The van der Waals surface area contributed by atoms with Crippen molar-refractivity contribution in [2.45, 2.75) is 69.9 Å². The molecule has 6 bridgehead atoms. The first-order valence-corrected chi connectivity index (χ1v) is 15.3. The van der Waals surface area contributed by atoms with E-state index in [-0.39, 0.29) is 41.1 Å². The first kappa shape index (κ1) is 35.5. The van der Waals surface area contributed by atoms with E-state index in [1.165, 1.54) is 50.2 Å². The average molecular weight is 667 g/mol. The Balaban J connectivity index is 1.93. The Kier molecular flexibility index (Phi) is 10.5. The van der Waals surface area contributed by atoms with Gasteiger partial charge in [-0.25, -0.2) is 0 Å². The number of amides is 6. The van der Waals surface area contributed by atoms with Gasteiger partial charge in [-0.2, -0.15) is 0 Å². The number of benzene rings is 2. The minimum Gasteiger partial charge on any atom is -0.507 e. The normalized spacial score (nSPS) is 23.8. The molecule has 2 heterocycles. The van der Waals surface area contributed by atoms with Gasteiger partial charge in [0, 0.05) is 35.6 Å². The fourth-order valence-electron chi connectivity index (χ4n) is 5.54. The predicted molar refractivity (Wildman–Crippen MR) is 169 cm³/mol. The van der Waals surface area contributed by atoms with Crippen molar-refractivity contribution >= 4 is 46.9 Å². The quantitative estimate of drug-likeness (QED) is 0.143. The molecule has 4 rings (SSSR count). The summed E-state index contributed by atoms with van der Waals surface area (Å²) in [6, 6.07) is 3.13. The number of aliphatic hydroxyl groups excluding tert-OH is 1. The molecule has 0 aliphatic carbocycles. The number of nitrogens with one attached hydrogen (secondary N) is 5. The Labute approximate surface area is 274 Å². The minimum absolute atomic E-state index is 0.0145. The third-order valence-electron chi connectivity index (χ3n) is 8.13. The molecule has 0 radical (unpaired) electrons. The van der Waals surface area contributed by atoms with Crippen molar-refractivity contribution in [2.24, 2.45) is 11.7 Å². The Morgan fingerprint density at radius 3 is 2.40 bits per heavy atom. The zero-order valence-corrected chi connectivity index (χ0v) is 26.5. The van der Waals surface area contributed by atoms with E-state index in [1.807, 2.05) is 0 Å². The number of primary amides is 1. The Hall–Kier alpha value is -5.35. The summed E-state index contributed by atoms with van der Waals surface area (Å²) >= 11 is 0. The fourth-order valence-corrected chi connectivity index (χ4v) is 5.54. The summed E-state index contributed by atoms with van der Waals surface area (Å²) in [4.78, 5) is 91.3. The van der Waals surface area contributed by atoms with Gasteiger partial charge in [-0.05, 0) is 24.1 Å². The van der Waals surface area contributed by atoms with E-state index in [9.17, 15) is 48.9 Å². The standard InChI is InChI=1S/C32H38N6O10/c1-4-10-34-29(45)24-26(42)32(48)18-7-5-6-16(23(18)38-31(32)47)17-11-15(8-9-21(17)39)12-19(36-30(46)25(41)14(2)3)27(43)35-20(13-22(33)40)28(44)37-24/h5-9,11,14,19-20,24,26,39,42,48H,4,10,12-13H2,1-3H3,(H2,33,40)(H,34,45)(H,35,43)(H,36,46)(H,37,44)(H,38,47)/t19-,20-,24-,26+,32-/m0/s1. The molecular weight excluding hydrogens is 628 g/mol. The predicted octanol–water partition coefficient (Wildman–Crippen LogP) is -1.80. The van der Waals surface area contributed by atoms with Gasteiger partial charge >= 0.3 is 0 Å². The summed E-state index contributed by atoms with van der Waals surface area (Å²) in [7, 11) is 0. The van der Waals surface area contributed by atoms with Crippen LogP contribution >= 0.6 is 0 Å². The Morgan fingerprint density at radius 2 is 1.75 bits per heavy atom. The second kappa shape index (κ2) is 14.2. The number of phenolic OH excluding ortho intramolecular Hbond substituents is 1. The van der Waals surface area contributed by atoms with Crippen LogP contribution in [-0.2, 0) is 45.6 Å². The zero-order chi connectivity index (χ0) is 35.5. The second-order valence-corrected chi connectivity index (χ2v) is 12.0. The van der Waals surface area contributed by atoms with Crippen LogP contribution in [0.15, 0.2) is 36.4 Å². The van der Waals surface area contributed by atoms with E-state index in [0.717, 1.165) is 0 Å². The molecule has 16 heteroatoms. The number of phenols is 1. The number of aliphatic hydroxyl groups is 2. The van der Waals surface area contributed by atoms with Crippen LogP contribution in [0.5, 0.6) is 5.75 Å². The minimum atomic E-state index is -2.81. The summed E-state index contributed by atoms with van der Waals surface area (Å²) in [6.07, 6.45) is -2.98. The fraction of sp³-hybridized carbons (Fsp3) is 0.406. The molecule has 2 aromatic carbocycles. The lowest BCUT2D eigenvalue weighted by Crippen LogP contribution is -2.64. The number of anilines is 1. The second-order valence-electron chi connectivity index (χ2n) is 12.0. The maximum atomic E-state index is 13.7. The van der Waals surface area contributed by atoms with Crippen LogP contribution in [0.3, 0.4) is 0 Å². The van der Waals surface area contributed by atoms with Crippen LogP contribution in [0, 0.1) is 5.92 Å². The highest BCUT2D eigenvalue weighted by atomic mass is 16.4. The number of ketones is 1. The smallest absolute Gasteiger partial charge is 0.288 e. The van der Waals surface area contributed by atoms with E-state index in [2.05, 4.69) is 26.6 Å². The highest BCUT2D eigenvalue weighted by molar-refractivity contribution is 6.37. The van der Waals surface area contributed by atoms with Gasteiger partial charge in [0.2, 0.25) is 29.4 Å². The highest BCUT2D eigenvalue weighted by Gasteiger charge is 2.56. The number of para-hydroxylation sites is 1. The number of Topliss-reactive ketones (excluding diaryl/α,β-unsaturated/α-hetero) is 1. The molecule has 48 heavy (non-hydrogen) atoms. The molecule has 256 valence electrons. The third kappa shape index (κ3) is 6.99. The maximum absolute atomic E-state index is 13.7. The van der Waals surface area contributed by atoms with E-state index >= 15 is 0 Å². The summed E-state index contributed by atoms with van der Waals surface area (Å²) in [5, 5.41) is 46.1. The molecule has 0 aromatic heterocycles. The molecule has 0 saturated heterocycles. The molecule has 0 spiro atoms. The number of aromatic hydroxyl groups is 1. The van der Waals surface area contributed by atoms with E-state index in [4.69, 9.17) is 5.73 Å². The Bertz CT molecular complexity index is 1680. The summed E-state index contributed by atoms with van der Waals surface area (Å²) < 4.78 is 0. The van der Waals surface area contributed by atoms with Crippen molar-refractivity contribution < 1.29 is 48.9 Å². The SMILES string of the molecule is CCCNC(=O)[C@H]1NC(=O)[C@H](CC(N)=O)NC(=O)[C@@H](NC(=O)C(=O)C(C)C)Cc2ccc(O)c(c2)-c2cccc3c2NC(=O)[C@@]3(O)[C@@H]1O. The topological polar surface area (TPSA) is 266 Å². The van der Waals surface area contributed by atoms with Crippen LogP contribution in [0.25, 0.3) is 11.1 Å². The van der Waals surface area contributed by atoms with Crippen LogP contribution in [0.2, 0.25) is 0 Å². The molecular formula is C32H38N6O10. The molecule has 16 nitrogen and oxygen atoms in total. The molecule has 0 fully saturated rings. The third-order valence-corrected chi connectivity index (χ3v) is 8.13. The van der Waals surface area contributed by atoms with Crippen molar-refractivity contribution in [3.63, 3.8) is 0 Å². The first-order valence-electron chi connectivity index (χ1n) is 15.3. The van der Waals surface area contributed by atoms with Gasteiger partial charge in [-0.1, -0.05) is 45.0 Å². The van der Waals surface area contributed by atoms with Gasteiger partial charge < -0.3 is 47.6 Å². The van der Waals surface area contributed by atoms with Crippen molar-refractivity contribution in [1.82, 2.24) is 21.3 Å². The monoisotopic (exact) mass is 666 g/mol. The number of hydrogen-bond acceptors (Lipinski definition) is 10. The van der Waals surface area contributed by atoms with Crippen LogP contribution < -0.4 is 32.3 Å². The van der Waals surface area contributed by atoms with Crippen LogP contribution in [0.4, 0.5) is 5.69 Å². The van der Waals surface area contributed by atoms with E-state index < -0.39 is 83.4 Å². The summed E-state index contributed by atoms with van der Waals surface area (Å²) in [5.74, 6) is -8.32. The number of fused-ring (bicyclic) bond motifs is 3. The van der Waals surface area contributed by atoms with Crippen LogP contribution in [-0.4, -0.2) is 87.3 Å². The molecule has 5 atom stereocenters. The molecule has 0 saturated carbocycles. The van der Waals surface area contributed by atoms with Crippen molar-refractivity contribution in [3.8, 4) is 16.9 Å². The van der Waals surface area contributed by atoms with Gasteiger partial charge in [0.25, 0.3) is 11.8 Å². The van der Waals surface area contributed by atoms with Crippen molar-refractivity contribution in [3.05, 3.63) is 47.5 Å². The number of hydrogen-bond donors (Lipinski definition) is 9. The number of carbonyl (C=O) groups excluding carboxylic acids is 7. The van der Waals surface area contributed by atoms with Gasteiger partial charge in [-0.15, -0.1) is 0 Å². The lowest BCUT2D eigenvalue weighted by atomic mass is 9.83. The average Bonchev–Trinajstić information content (AvgIpc) is 3.31. The van der Waals surface area contributed by atoms with Crippen molar-refractivity contribution in [2.75, 3.05) is 11.9 Å². The number of rotatable bonds is 8. The summed E-state index contributed by atoms with van der Waals surface area (Å²) in [6.45, 7) is 4.79. The lowest BCUT2D eigenvalue weighted by molar-refractivity contribution is -0.156. The highest BCUT2D eigenvalue weighted by Crippen LogP contribution is 2.46. The molecule has 10 N–H and O–H groups in total. The largest absolute Gasteiger partial charge is 0.507 e. The molecule has 2 aromatic rings. The number of carbonyl (C=O) groups is 7. The maximum Gasteiger partial charge on any atom is 0.288 e.